The van der Waals surface area contributed by atoms with Gasteiger partial charge in [0.15, 0.2) is 16.3 Å². The Bertz CT molecular complexity index is 557. The van der Waals surface area contributed by atoms with Gasteiger partial charge >= 0.3 is 0 Å². The Morgan fingerprint density at radius 1 is 1.33 bits per heavy atom. The molecule has 1 aliphatic rings. The van der Waals surface area contributed by atoms with Gasteiger partial charge in [0.05, 0.1) is 0 Å². The molecule has 2 heterocycles. The predicted molar refractivity (Wildman–Crippen MR) is 66.0 cm³/mol. The van der Waals surface area contributed by atoms with Crippen molar-refractivity contribution < 1.29 is 5.11 Å². The van der Waals surface area contributed by atoms with Gasteiger partial charge in [0.25, 0.3) is 0 Å². The van der Waals surface area contributed by atoms with Gasteiger partial charge in [-0.15, -0.1) is 5.10 Å². The number of aliphatic hydroxyl groups excluding tert-OH is 1. The van der Waals surface area contributed by atoms with Crippen molar-refractivity contribution in [2.75, 3.05) is 6.61 Å². The summed E-state index contributed by atoms with van der Waals surface area (Å²) in [6, 6.07) is 0. The first kappa shape index (κ1) is 11.8. The molecule has 1 aliphatic carbocycles. The molecular weight excluding hydrogens is 254 g/mol. The smallest absolute Gasteiger partial charge is 0.183 e. The van der Waals surface area contributed by atoms with Crippen LogP contribution in [0.2, 0.25) is 5.15 Å². The van der Waals surface area contributed by atoms with Crippen LogP contribution < -0.4 is 0 Å². The van der Waals surface area contributed by atoms with Crippen molar-refractivity contribution in [1.82, 2.24) is 25.0 Å². The van der Waals surface area contributed by atoms with Crippen LogP contribution in [0, 0.1) is 11.8 Å². The van der Waals surface area contributed by atoms with Crippen molar-refractivity contribution >= 4 is 22.8 Å². The van der Waals surface area contributed by atoms with E-state index in [0.29, 0.717) is 28.2 Å². The molecule has 0 unspecified atom stereocenters. The van der Waals surface area contributed by atoms with E-state index in [4.69, 9.17) is 11.6 Å². The summed E-state index contributed by atoms with van der Waals surface area (Å²) in [5, 5.41) is 17.8. The molecule has 0 aromatic carbocycles. The first-order chi connectivity index (χ1) is 8.79. The van der Waals surface area contributed by atoms with Gasteiger partial charge in [0, 0.05) is 13.2 Å². The highest BCUT2D eigenvalue weighted by atomic mass is 35.5. The van der Waals surface area contributed by atoms with Gasteiger partial charge in [-0.3, -0.25) is 0 Å². The second-order valence-electron chi connectivity index (χ2n) is 4.74. The molecule has 0 radical (unpaired) electrons. The van der Waals surface area contributed by atoms with Crippen LogP contribution >= 0.6 is 11.6 Å². The van der Waals surface area contributed by atoms with Crippen molar-refractivity contribution in [1.29, 1.82) is 0 Å². The van der Waals surface area contributed by atoms with E-state index in [1.54, 1.807) is 4.68 Å². The largest absolute Gasteiger partial charge is 0.396 e. The van der Waals surface area contributed by atoms with Crippen LogP contribution in [0.15, 0.2) is 6.33 Å². The molecule has 1 saturated carbocycles. The molecule has 3 rings (SSSR count). The van der Waals surface area contributed by atoms with Crippen LogP contribution in [0.5, 0.6) is 0 Å². The number of aromatic nitrogens is 5. The maximum Gasteiger partial charge on any atom is 0.183 e. The van der Waals surface area contributed by atoms with E-state index in [-0.39, 0.29) is 6.61 Å². The molecule has 2 aromatic rings. The molecule has 0 amide bonds. The average Bonchev–Trinajstić information content (AvgIpc) is 2.98. The Balaban J connectivity index is 1.89. The molecule has 1 N–H and O–H groups in total. The SMILES string of the molecule is OC[C@@H]1CCC[C@@H]1Cn1nnc2c(Cl)ncnc21. The predicted octanol–water partition coefficient (Wildman–Crippen LogP) is 1.28. The Kier molecular flexibility index (Phi) is 3.13. The summed E-state index contributed by atoms with van der Waals surface area (Å²) in [4.78, 5) is 8.06. The molecule has 0 spiro atoms. The van der Waals surface area contributed by atoms with Crippen molar-refractivity contribution in [3.05, 3.63) is 11.5 Å². The minimum atomic E-state index is 0.243. The van der Waals surface area contributed by atoms with E-state index >= 15 is 0 Å². The molecule has 0 saturated heterocycles. The monoisotopic (exact) mass is 267 g/mol. The first-order valence-electron chi connectivity index (χ1n) is 6.10. The van der Waals surface area contributed by atoms with Crippen LogP contribution in [0.25, 0.3) is 11.2 Å². The molecule has 1 fully saturated rings. The maximum atomic E-state index is 9.33. The highest BCUT2D eigenvalue weighted by molar-refractivity contribution is 6.33. The van der Waals surface area contributed by atoms with Gasteiger partial charge < -0.3 is 5.11 Å². The highest BCUT2D eigenvalue weighted by Gasteiger charge is 2.28. The van der Waals surface area contributed by atoms with Crippen LogP contribution in [0.4, 0.5) is 0 Å². The average molecular weight is 268 g/mol. The zero-order valence-electron chi connectivity index (χ0n) is 9.83. The molecule has 96 valence electrons. The summed E-state index contributed by atoms with van der Waals surface area (Å²) in [7, 11) is 0. The highest BCUT2D eigenvalue weighted by Crippen LogP contribution is 2.32. The maximum absolute atomic E-state index is 9.33. The zero-order chi connectivity index (χ0) is 12.5. The van der Waals surface area contributed by atoms with Gasteiger partial charge in [0.2, 0.25) is 0 Å². The number of halogens is 1. The summed E-state index contributed by atoms with van der Waals surface area (Å²) in [6.07, 6.45) is 4.79. The van der Waals surface area contributed by atoms with Crippen LogP contribution in [0.3, 0.4) is 0 Å². The van der Waals surface area contributed by atoms with Crippen molar-refractivity contribution in [3.63, 3.8) is 0 Å². The van der Waals surface area contributed by atoms with Gasteiger partial charge in [0.1, 0.15) is 6.33 Å². The van der Waals surface area contributed by atoms with Crippen molar-refractivity contribution in [2.24, 2.45) is 11.8 Å². The Hall–Kier alpha value is -1.27. The molecule has 0 aliphatic heterocycles. The molecule has 2 aromatic heterocycles. The van der Waals surface area contributed by atoms with Crippen molar-refractivity contribution in [3.8, 4) is 0 Å². The van der Waals surface area contributed by atoms with Gasteiger partial charge in [-0.25, -0.2) is 14.6 Å². The number of aliphatic hydroxyl groups is 1. The lowest BCUT2D eigenvalue weighted by Crippen LogP contribution is -2.19. The fourth-order valence-electron chi connectivity index (χ4n) is 2.70. The first-order valence-corrected chi connectivity index (χ1v) is 6.48. The lowest BCUT2D eigenvalue weighted by atomic mass is 9.97. The summed E-state index contributed by atoms with van der Waals surface area (Å²) < 4.78 is 1.77. The summed E-state index contributed by atoms with van der Waals surface area (Å²) >= 11 is 5.94. The lowest BCUT2D eigenvalue weighted by Gasteiger charge is -2.16. The lowest BCUT2D eigenvalue weighted by molar-refractivity contribution is 0.182. The van der Waals surface area contributed by atoms with Crippen LogP contribution in [0.1, 0.15) is 19.3 Å². The van der Waals surface area contributed by atoms with E-state index in [2.05, 4.69) is 20.3 Å². The third-order valence-electron chi connectivity index (χ3n) is 3.71. The number of hydrogen-bond donors (Lipinski definition) is 1. The number of hydrogen-bond acceptors (Lipinski definition) is 5. The summed E-state index contributed by atoms with van der Waals surface area (Å²) in [6.45, 7) is 0.974. The molecule has 0 bridgehead atoms. The van der Waals surface area contributed by atoms with E-state index in [9.17, 15) is 5.11 Å². The molecule has 7 heteroatoms. The van der Waals surface area contributed by atoms with E-state index in [1.807, 2.05) is 0 Å². The van der Waals surface area contributed by atoms with Gasteiger partial charge in [-0.05, 0) is 24.7 Å². The molecular formula is C11H14ClN5O. The Morgan fingerprint density at radius 3 is 3.00 bits per heavy atom. The second kappa shape index (κ2) is 4.78. The number of fused-ring (bicyclic) bond motifs is 1. The molecule has 6 nitrogen and oxygen atoms in total. The van der Waals surface area contributed by atoms with Crippen LogP contribution in [-0.2, 0) is 6.54 Å². The minimum absolute atomic E-state index is 0.243. The normalized spacial score (nSPS) is 23.9. The Labute approximate surface area is 109 Å². The third-order valence-corrected chi connectivity index (χ3v) is 3.99. The molecule has 18 heavy (non-hydrogen) atoms. The topological polar surface area (TPSA) is 76.7 Å². The van der Waals surface area contributed by atoms with Gasteiger partial charge in [-0.2, -0.15) is 0 Å². The fourth-order valence-corrected chi connectivity index (χ4v) is 2.87. The third kappa shape index (κ3) is 1.95. The van der Waals surface area contributed by atoms with E-state index in [1.165, 1.54) is 6.33 Å². The fraction of sp³-hybridized carbons (Fsp3) is 0.636. The van der Waals surface area contributed by atoms with Gasteiger partial charge in [-0.1, -0.05) is 23.2 Å². The van der Waals surface area contributed by atoms with E-state index < -0.39 is 0 Å². The van der Waals surface area contributed by atoms with E-state index in [0.717, 1.165) is 25.8 Å². The Morgan fingerprint density at radius 2 is 2.17 bits per heavy atom. The molecule has 2 atom stereocenters. The van der Waals surface area contributed by atoms with Crippen LogP contribution in [-0.4, -0.2) is 36.7 Å². The number of nitrogens with zero attached hydrogens (tertiary/aromatic N) is 5. The standard InChI is InChI=1S/C11H14ClN5O/c12-10-9-11(14-6-13-10)17(16-15-9)4-7-2-1-3-8(7)5-18/h6-8,18H,1-5H2/t7-,8+/m1/s1. The summed E-state index contributed by atoms with van der Waals surface area (Å²) in [5.41, 5.74) is 1.20. The zero-order valence-corrected chi connectivity index (χ0v) is 10.6. The number of rotatable bonds is 3. The van der Waals surface area contributed by atoms with Crippen molar-refractivity contribution in [2.45, 2.75) is 25.8 Å². The minimum Gasteiger partial charge on any atom is -0.396 e. The summed E-state index contributed by atoms with van der Waals surface area (Å²) in [5.74, 6) is 0.801. The second-order valence-corrected chi connectivity index (χ2v) is 5.10. The quantitative estimate of drug-likeness (QED) is 0.848.